The summed E-state index contributed by atoms with van der Waals surface area (Å²) in [6, 6.07) is 6.35. The molecule has 0 spiro atoms. The standard InChI is InChI=1S/C29H40FN5O3S/c1-18(2)27(37)35-13-11-25(32-28(38)33-29-31-19(3)26(39-29)20(4)36)23(17-35)16-34-12-5-6-22(15-34)14-21-7-9-24(30)10-8-21/h7-10,18,22-23,25H,5-6,11-17H2,1-4H3,(H2,31,32,33,38)/t22-,23+,25+/m0/s1. The summed E-state index contributed by atoms with van der Waals surface area (Å²) in [5.74, 6) is 0.360. The smallest absolute Gasteiger partial charge is 0.321 e. The van der Waals surface area contributed by atoms with Crippen LogP contribution in [0.4, 0.5) is 14.3 Å². The van der Waals surface area contributed by atoms with Gasteiger partial charge in [0.15, 0.2) is 10.9 Å². The lowest BCUT2D eigenvalue weighted by Gasteiger charge is -2.43. The quantitative estimate of drug-likeness (QED) is 0.457. The maximum atomic E-state index is 13.3. The fraction of sp³-hybridized carbons (Fsp3) is 0.586. The van der Waals surface area contributed by atoms with Gasteiger partial charge in [0.2, 0.25) is 5.91 Å². The van der Waals surface area contributed by atoms with Gasteiger partial charge in [0.1, 0.15) is 5.82 Å². The van der Waals surface area contributed by atoms with E-state index in [0.29, 0.717) is 41.1 Å². The number of thiazole rings is 1. The summed E-state index contributed by atoms with van der Waals surface area (Å²) in [6.45, 7) is 11.0. The minimum absolute atomic E-state index is 0.0695. The van der Waals surface area contributed by atoms with Gasteiger partial charge in [0, 0.05) is 51.0 Å². The van der Waals surface area contributed by atoms with Crippen LogP contribution in [0.5, 0.6) is 0 Å². The number of hydrogen-bond donors (Lipinski definition) is 2. The molecular formula is C29H40FN5O3S. The molecule has 1 aromatic heterocycles. The summed E-state index contributed by atoms with van der Waals surface area (Å²) in [5.41, 5.74) is 1.76. The molecule has 3 amide bonds. The number of halogens is 1. The highest BCUT2D eigenvalue weighted by atomic mass is 32.1. The van der Waals surface area contributed by atoms with Crippen LogP contribution in [0.25, 0.3) is 0 Å². The number of piperidine rings is 2. The Hall–Kier alpha value is -2.85. The van der Waals surface area contributed by atoms with E-state index < -0.39 is 0 Å². The van der Waals surface area contributed by atoms with Crippen LogP contribution in [-0.2, 0) is 11.2 Å². The monoisotopic (exact) mass is 557 g/mol. The normalized spacial score (nSPS) is 22.1. The molecule has 2 aliphatic rings. The van der Waals surface area contributed by atoms with Crippen molar-refractivity contribution in [3.8, 4) is 0 Å². The number of aromatic nitrogens is 1. The molecular weight excluding hydrogens is 517 g/mol. The summed E-state index contributed by atoms with van der Waals surface area (Å²) in [7, 11) is 0. The van der Waals surface area contributed by atoms with E-state index in [1.165, 1.54) is 30.4 Å². The number of rotatable bonds is 8. The SMILES string of the molecule is CC(=O)c1sc(NC(=O)N[C@@H]2CCN(C(=O)C(C)C)C[C@H]2CN2CCC[C@@H](Cc3ccc(F)cc3)C2)nc1C. The van der Waals surface area contributed by atoms with Gasteiger partial charge in [0.25, 0.3) is 0 Å². The molecule has 2 fully saturated rings. The van der Waals surface area contributed by atoms with Crippen LogP contribution in [0.3, 0.4) is 0 Å². The lowest BCUT2D eigenvalue weighted by atomic mass is 9.87. The molecule has 212 valence electrons. The van der Waals surface area contributed by atoms with Gasteiger partial charge in [-0.2, -0.15) is 0 Å². The third-order valence-corrected chi connectivity index (χ3v) is 8.90. The van der Waals surface area contributed by atoms with Crippen molar-refractivity contribution in [2.24, 2.45) is 17.8 Å². The first-order valence-corrected chi connectivity index (χ1v) is 14.7. The molecule has 0 radical (unpaired) electrons. The zero-order valence-electron chi connectivity index (χ0n) is 23.3. The van der Waals surface area contributed by atoms with Crippen LogP contribution in [0, 0.1) is 30.5 Å². The lowest BCUT2D eigenvalue weighted by molar-refractivity contribution is -0.136. The summed E-state index contributed by atoms with van der Waals surface area (Å²) >= 11 is 1.18. The van der Waals surface area contributed by atoms with Gasteiger partial charge in [0.05, 0.1) is 10.6 Å². The molecule has 0 unspecified atom stereocenters. The number of nitrogens with zero attached hydrogens (tertiary/aromatic N) is 3. The Morgan fingerprint density at radius 1 is 1.13 bits per heavy atom. The number of urea groups is 1. The van der Waals surface area contributed by atoms with Crippen molar-refractivity contribution in [2.45, 2.75) is 59.4 Å². The summed E-state index contributed by atoms with van der Waals surface area (Å²) in [6.07, 6.45) is 3.82. The maximum Gasteiger partial charge on any atom is 0.321 e. The summed E-state index contributed by atoms with van der Waals surface area (Å²) < 4.78 is 13.3. The number of hydrogen-bond acceptors (Lipinski definition) is 6. The first kappa shape index (κ1) is 29.1. The average molecular weight is 558 g/mol. The molecule has 1 aromatic carbocycles. The number of aryl methyl sites for hydroxylation is 1. The van der Waals surface area contributed by atoms with Gasteiger partial charge < -0.3 is 15.1 Å². The van der Waals surface area contributed by atoms with Crippen molar-refractivity contribution in [3.63, 3.8) is 0 Å². The number of anilines is 1. The van der Waals surface area contributed by atoms with Crippen LogP contribution >= 0.6 is 11.3 Å². The van der Waals surface area contributed by atoms with Crippen molar-refractivity contribution >= 4 is 34.2 Å². The second-order valence-corrected chi connectivity index (χ2v) is 12.3. The van der Waals surface area contributed by atoms with Crippen LogP contribution < -0.4 is 10.6 Å². The van der Waals surface area contributed by atoms with E-state index in [1.807, 2.05) is 30.9 Å². The molecule has 8 nitrogen and oxygen atoms in total. The molecule has 2 N–H and O–H groups in total. The second kappa shape index (κ2) is 13.0. The van der Waals surface area contributed by atoms with Gasteiger partial charge in [-0.25, -0.2) is 14.2 Å². The Kier molecular flexibility index (Phi) is 9.71. The van der Waals surface area contributed by atoms with Crippen LogP contribution in [-0.4, -0.2) is 71.3 Å². The predicted octanol–water partition coefficient (Wildman–Crippen LogP) is 4.74. The van der Waals surface area contributed by atoms with E-state index in [4.69, 9.17) is 0 Å². The Balaban J connectivity index is 1.41. The minimum atomic E-state index is -0.342. The fourth-order valence-corrected chi connectivity index (χ4v) is 6.68. The van der Waals surface area contributed by atoms with E-state index in [1.54, 1.807) is 6.92 Å². The van der Waals surface area contributed by atoms with E-state index >= 15 is 0 Å². The third-order valence-electron chi connectivity index (χ3n) is 7.73. The van der Waals surface area contributed by atoms with Crippen LogP contribution in [0.2, 0.25) is 0 Å². The molecule has 0 bridgehead atoms. The molecule has 3 atom stereocenters. The van der Waals surface area contributed by atoms with E-state index in [0.717, 1.165) is 44.5 Å². The largest absolute Gasteiger partial charge is 0.342 e. The number of Topliss-reactive ketones (excluding diaryl/α,β-unsaturated/α-hetero) is 1. The Morgan fingerprint density at radius 2 is 1.87 bits per heavy atom. The Bertz CT molecular complexity index is 1170. The number of carbonyl (C=O) groups excluding carboxylic acids is 3. The molecule has 4 rings (SSSR count). The minimum Gasteiger partial charge on any atom is -0.342 e. The number of amides is 3. The highest BCUT2D eigenvalue weighted by Crippen LogP contribution is 2.26. The van der Waals surface area contributed by atoms with Crippen molar-refractivity contribution in [1.82, 2.24) is 20.1 Å². The van der Waals surface area contributed by atoms with Crippen LogP contribution in [0.15, 0.2) is 24.3 Å². The number of benzene rings is 1. The van der Waals surface area contributed by atoms with Crippen molar-refractivity contribution < 1.29 is 18.8 Å². The van der Waals surface area contributed by atoms with E-state index in [9.17, 15) is 18.8 Å². The van der Waals surface area contributed by atoms with Gasteiger partial charge >= 0.3 is 6.03 Å². The lowest BCUT2D eigenvalue weighted by Crippen LogP contribution is -2.57. The zero-order chi connectivity index (χ0) is 28.1. The molecule has 10 heteroatoms. The second-order valence-electron chi connectivity index (χ2n) is 11.3. The van der Waals surface area contributed by atoms with Crippen LogP contribution in [0.1, 0.15) is 61.0 Å². The van der Waals surface area contributed by atoms with Crippen molar-refractivity contribution in [2.75, 3.05) is 38.0 Å². The Labute approximate surface area is 234 Å². The molecule has 0 saturated carbocycles. The van der Waals surface area contributed by atoms with Gasteiger partial charge in [-0.05, 0) is 62.8 Å². The first-order chi connectivity index (χ1) is 18.6. The van der Waals surface area contributed by atoms with E-state index in [-0.39, 0.29) is 41.4 Å². The summed E-state index contributed by atoms with van der Waals surface area (Å²) in [5, 5.41) is 6.35. The van der Waals surface area contributed by atoms with E-state index in [2.05, 4.69) is 20.5 Å². The highest BCUT2D eigenvalue weighted by molar-refractivity contribution is 7.17. The molecule has 2 saturated heterocycles. The molecule has 2 aromatic rings. The predicted molar refractivity (Wildman–Crippen MR) is 152 cm³/mol. The number of nitrogens with one attached hydrogen (secondary N) is 2. The molecule has 2 aliphatic heterocycles. The third kappa shape index (κ3) is 7.85. The van der Waals surface area contributed by atoms with Gasteiger partial charge in [-0.3, -0.25) is 14.9 Å². The first-order valence-electron chi connectivity index (χ1n) is 13.9. The maximum absolute atomic E-state index is 13.3. The zero-order valence-corrected chi connectivity index (χ0v) is 24.2. The summed E-state index contributed by atoms with van der Waals surface area (Å²) in [4.78, 5) is 46.8. The van der Waals surface area contributed by atoms with Crippen molar-refractivity contribution in [1.29, 1.82) is 0 Å². The van der Waals surface area contributed by atoms with Crippen molar-refractivity contribution in [3.05, 3.63) is 46.2 Å². The van der Waals surface area contributed by atoms with Gasteiger partial charge in [-0.15, -0.1) is 0 Å². The number of ketones is 1. The fourth-order valence-electron chi connectivity index (χ4n) is 5.82. The Morgan fingerprint density at radius 3 is 2.54 bits per heavy atom. The molecule has 0 aliphatic carbocycles. The average Bonchev–Trinajstić information content (AvgIpc) is 3.26. The van der Waals surface area contributed by atoms with Gasteiger partial charge in [-0.1, -0.05) is 37.3 Å². The molecule has 3 heterocycles. The number of carbonyl (C=O) groups is 3. The molecule has 39 heavy (non-hydrogen) atoms. The number of likely N-dealkylation sites (tertiary alicyclic amines) is 2. The highest BCUT2D eigenvalue weighted by Gasteiger charge is 2.35. The topological polar surface area (TPSA) is 94.6 Å².